The van der Waals surface area contributed by atoms with Crippen LogP contribution < -0.4 is 0 Å². The standard InChI is InChI=1S/C15H19N3O4/c1-10(11-5-4-6-13(7-11)18(21)22)17(3)15(20)12-8-14(19)16(2)9-12/h4-7,10,12H,8-9H2,1-3H3/t10-,12+/m1/s1. The molecule has 0 bridgehead atoms. The molecule has 2 rings (SSSR count). The minimum atomic E-state index is -0.456. The Morgan fingerprint density at radius 2 is 2.18 bits per heavy atom. The molecule has 0 N–H and O–H groups in total. The quantitative estimate of drug-likeness (QED) is 0.624. The average molecular weight is 305 g/mol. The van der Waals surface area contributed by atoms with Crippen LogP contribution in [-0.2, 0) is 9.59 Å². The maximum absolute atomic E-state index is 12.5. The zero-order valence-electron chi connectivity index (χ0n) is 12.9. The molecule has 7 heteroatoms. The van der Waals surface area contributed by atoms with Crippen LogP contribution in [0.3, 0.4) is 0 Å². The first-order chi connectivity index (χ1) is 10.3. The SMILES string of the molecule is C[C@H](c1cccc([N+](=O)[O-])c1)N(C)C(=O)[C@H]1CC(=O)N(C)C1. The number of non-ortho nitro benzene ring substituents is 1. The maximum Gasteiger partial charge on any atom is 0.269 e. The largest absolute Gasteiger partial charge is 0.345 e. The molecule has 1 fully saturated rings. The molecule has 1 heterocycles. The number of benzene rings is 1. The Labute approximate surface area is 128 Å². The van der Waals surface area contributed by atoms with Gasteiger partial charge in [-0.1, -0.05) is 12.1 Å². The Kier molecular flexibility index (Phi) is 4.44. The van der Waals surface area contributed by atoms with Crippen LogP contribution in [0, 0.1) is 16.0 Å². The summed E-state index contributed by atoms with van der Waals surface area (Å²) in [7, 11) is 3.34. The van der Waals surface area contributed by atoms with Crippen LogP contribution in [-0.4, -0.2) is 47.2 Å². The second-order valence-corrected chi connectivity index (χ2v) is 5.65. The summed E-state index contributed by atoms with van der Waals surface area (Å²) in [6.07, 6.45) is 0.224. The fraction of sp³-hybridized carbons (Fsp3) is 0.467. The zero-order valence-corrected chi connectivity index (χ0v) is 12.9. The average Bonchev–Trinajstić information content (AvgIpc) is 2.84. The first-order valence-electron chi connectivity index (χ1n) is 7.06. The summed E-state index contributed by atoms with van der Waals surface area (Å²) in [6.45, 7) is 2.24. The fourth-order valence-electron chi connectivity index (χ4n) is 2.63. The molecule has 7 nitrogen and oxygen atoms in total. The normalized spacial score (nSPS) is 19.1. The van der Waals surface area contributed by atoms with Gasteiger partial charge in [-0.2, -0.15) is 0 Å². The minimum Gasteiger partial charge on any atom is -0.345 e. The fourth-order valence-corrected chi connectivity index (χ4v) is 2.63. The topological polar surface area (TPSA) is 83.8 Å². The van der Waals surface area contributed by atoms with Crippen molar-refractivity contribution in [1.82, 2.24) is 9.80 Å². The number of nitro benzene ring substituents is 1. The van der Waals surface area contributed by atoms with Gasteiger partial charge in [0.2, 0.25) is 11.8 Å². The number of likely N-dealkylation sites (tertiary alicyclic amines) is 1. The van der Waals surface area contributed by atoms with Crippen LogP contribution in [0.2, 0.25) is 0 Å². The van der Waals surface area contributed by atoms with E-state index >= 15 is 0 Å². The van der Waals surface area contributed by atoms with Gasteiger partial charge in [-0.05, 0) is 12.5 Å². The molecule has 1 aromatic rings. The van der Waals surface area contributed by atoms with Gasteiger partial charge in [-0.25, -0.2) is 0 Å². The van der Waals surface area contributed by atoms with E-state index in [1.807, 2.05) is 6.92 Å². The number of hydrogen-bond donors (Lipinski definition) is 0. The molecule has 1 aromatic carbocycles. The highest BCUT2D eigenvalue weighted by Gasteiger charge is 2.35. The second-order valence-electron chi connectivity index (χ2n) is 5.65. The highest BCUT2D eigenvalue weighted by molar-refractivity contribution is 5.89. The van der Waals surface area contributed by atoms with E-state index in [4.69, 9.17) is 0 Å². The molecule has 22 heavy (non-hydrogen) atoms. The first kappa shape index (κ1) is 15.9. The first-order valence-corrected chi connectivity index (χ1v) is 7.06. The summed E-state index contributed by atoms with van der Waals surface area (Å²) in [5, 5.41) is 10.8. The van der Waals surface area contributed by atoms with Crippen molar-refractivity contribution in [3.05, 3.63) is 39.9 Å². The maximum atomic E-state index is 12.5. The molecule has 0 aromatic heterocycles. The Hall–Kier alpha value is -2.44. The monoisotopic (exact) mass is 305 g/mol. The van der Waals surface area contributed by atoms with Crippen LogP contribution in [0.4, 0.5) is 5.69 Å². The number of amides is 2. The Morgan fingerprint density at radius 3 is 2.73 bits per heavy atom. The summed E-state index contributed by atoms with van der Waals surface area (Å²) in [5.74, 6) is -0.491. The number of carbonyl (C=O) groups excluding carboxylic acids is 2. The lowest BCUT2D eigenvalue weighted by Gasteiger charge is -2.27. The molecular formula is C15H19N3O4. The lowest BCUT2D eigenvalue weighted by atomic mass is 10.0. The third-order valence-electron chi connectivity index (χ3n) is 4.18. The van der Waals surface area contributed by atoms with Crippen molar-refractivity contribution in [3.63, 3.8) is 0 Å². The van der Waals surface area contributed by atoms with E-state index in [0.717, 1.165) is 0 Å². The molecule has 2 atom stereocenters. The van der Waals surface area contributed by atoms with E-state index in [1.165, 1.54) is 12.1 Å². The predicted molar refractivity (Wildman–Crippen MR) is 80.0 cm³/mol. The third-order valence-corrected chi connectivity index (χ3v) is 4.18. The lowest BCUT2D eigenvalue weighted by Crippen LogP contribution is -2.36. The number of hydrogen-bond acceptors (Lipinski definition) is 4. The molecule has 2 amide bonds. The van der Waals surface area contributed by atoms with E-state index in [0.29, 0.717) is 12.1 Å². The molecule has 1 aliphatic heterocycles. The molecular weight excluding hydrogens is 286 g/mol. The molecule has 0 spiro atoms. The summed E-state index contributed by atoms with van der Waals surface area (Å²) in [4.78, 5) is 37.5. The van der Waals surface area contributed by atoms with Crippen LogP contribution >= 0.6 is 0 Å². The highest BCUT2D eigenvalue weighted by atomic mass is 16.6. The van der Waals surface area contributed by atoms with Crippen molar-refractivity contribution in [3.8, 4) is 0 Å². The van der Waals surface area contributed by atoms with Crippen molar-refractivity contribution < 1.29 is 14.5 Å². The van der Waals surface area contributed by atoms with E-state index in [1.54, 1.807) is 36.0 Å². The summed E-state index contributed by atoms with van der Waals surface area (Å²) in [5.41, 5.74) is 0.698. The predicted octanol–water partition coefficient (Wildman–Crippen LogP) is 1.59. The van der Waals surface area contributed by atoms with E-state index in [9.17, 15) is 19.7 Å². The highest BCUT2D eigenvalue weighted by Crippen LogP contribution is 2.26. The van der Waals surface area contributed by atoms with Gasteiger partial charge in [0.15, 0.2) is 0 Å². The van der Waals surface area contributed by atoms with E-state index in [2.05, 4.69) is 0 Å². The molecule has 118 valence electrons. The van der Waals surface area contributed by atoms with Crippen LogP contribution in [0.15, 0.2) is 24.3 Å². The molecule has 1 aliphatic rings. The van der Waals surface area contributed by atoms with Gasteiger partial charge in [0.1, 0.15) is 0 Å². The molecule has 0 saturated carbocycles. The van der Waals surface area contributed by atoms with Crippen LogP contribution in [0.1, 0.15) is 24.9 Å². The second kappa shape index (κ2) is 6.13. The van der Waals surface area contributed by atoms with Crippen molar-refractivity contribution in [2.75, 3.05) is 20.6 Å². The van der Waals surface area contributed by atoms with Crippen molar-refractivity contribution >= 4 is 17.5 Å². The van der Waals surface area contributed by atoms with Crippen LogP contribution in [0.25, 0.3) is 0 Å². The van der Waals surface area contributed by atoms with Gasteiger partial charge >= 0.3 is 0 Å². The Balaban J connectivity index is 2.13. The summed E-state index contributed by atoms with van der Waals surface area (Å²) in [6, 6.07) is 5.96. The van der Waals surface area contributed by atoms with Crippen molar-refractivity contribution in [2.24, 2.45) is 5.92 Å². The smallest absolute Gasteiger partial charge is 0.269 e. The Bertz CT molecular complexity index is 617. The minimum absolute atomic E-state index is 0.000904. The number of rotatable bonds is 4. The van der Waals surface area contributed by atoms with E-state index in [-0.39, 0.29) is 35.9 Å². The van der Waals surface area contributed by atoms with Gasteiger partial charge in [0.25, 0.3) is 5.69 Å². The number of nitro groups is 1. The van der Waals surface area contributed by atoms with Gasteiger partial charge in [0, 0.05) is 39.2 Å². The summed E-state index contributed by atoms with van der Waals surface area (Å²) >= 11 is 0. The van der Waals surface area contributed by atoms with E-state index < -0.39 is 4.92 Å². The molecule has 1 saturated heterocycles. The Morgan fingerprint density at radius 1 is 1.50 bits per heavy atom. The van der Waals surface area contributed by atoms with Gasteiger partial charge < -0.3 is 9.80 Å². The van der Waals surface area contributed by atoms with Gasteiger partial charge in [-0.15, -0.1) is 0 Å². The summed E-state index contributed by atoms with van der Waals surface area (Å²) < 4.78 is 0. The molecule has 0 unspecified atom stereocenters. The van der Waals surface area contributed by atoms with Crippen LogP contribution in [0.5, 0.6) is 0 Å². The lowest BCUT2D eigenvalue weighted by molar-refractivity contribution is -0.384. The van der Waals surface area contributed by atoms with Crippen molar-refractivity contribution in [2.45, 2.75) is 19.4 Å². The zero-order chi connectivity index (χ0) is 16.4. The molecule has 0 radical (unpaired) electrons. The van der Waals surface area contributed by atoms with Crippen molar-refractivity contribution in [1.29, 1.82) is 0 Å². The third kappa shape index (κ3) is 3.08. The number of carbonyl (C=O) groups is 2. The van der Waals surface area contributed by atoms with Gasteiger partial charge in [0.05, 0.1) is 16.9 Å². The number of nitrogens with zero attached hydrogens (tertiary/aromatic N) is 3. The van der Waals surface area contributed by atoms with Gasteiger partial charge in [-0.3, -0.25) is 19.7 Å². The molecule has 0 aliphatic carbocycles.